The van der Waals surface area contributed by atoms with Crippen molar-refractivity contribution in [2.24, 2.45) is 5.92 Å². The van der Waals surface area contributed by atoms with Gasteiger partial charge < -0.3 is 9.95 Å². The van der Waals surface area contributed by atoms with Crippen LogP contribution < -0.4 is 0 Å². The van der Waals surface area contributed by atoms with Crippen LogP contribution in [-0.2, 0) is 4.79 Å². The van der Waals surface area contributed by atoms with Gasteiger partial charge in [-0.1, -0.05) is 12.8 Å². The highest BCUT2D eigenvalue weighted by atomic mass is 16.3. The molecular weight excluding hydrogens is 178 g/mol. The Morgan fingerprint density at radius 3 is 2.57 bits per heavy atom. The summed E-state index contributed by atoms with van der Waals surface area (Å²) >= 11 is 0. The normalized spacial score (nSPS) is 21.5. The molecule has 1 atom stereocenters. The summed E-state index contributed by atoms with van der Waals surface area (Å²) in [6.45, 7) is 8.35. The standard InChI is InChI=1S/C11H17NO2/c1-11(8-13,12-2)7-10(14)9-5-3-4-6-9/h9,13H,3-8H2,1H3. The van der Waals surface area contributed by atoms with E-state index in [-0.39, 0.29) is 24.7 Å². The zero-order valence-electron chi connectivity index (χ0n) is 8.62. The van der Waals surface area contributed by atoms with E-state index in [1.807, 2.05) is 0 Å². The first kappa shape index (κ1) is 11.2. The summed E-state index contributed by atoms with van der Waals surface area (Å²) in [5.41, 5.74) is -0.889. The Hall–Kier alpha value is -0.880. The Kier molecular flexibility index (Phi) is 3.65. The third kappa shape index (κ3) is 2.55. The maximum absolute atomic E-state index is 11.7. The van der Waals surface area contributed by atoms with Gasteiger partial charge in [-0.15, -0.1) is 0 Å². The van der Waals surface area contributed by atoms with Crippen molar-refractivity contribution in [3.8, 4) is 0 Å². The van der Waals surface area contributed by atoms with Crippen molar-refractivity contribution >= 4 is 5.78 Å². The van der Waals surface area contributed by atoms with Crippen LogP contribution in [0.25, 0.3) is 4.85 Å². The van der Waals surface area contributed by atoms with E-state index in [4.69, 9.17) is 11.7 Å². The molecule has 0 aromatic heterocycles. The summed E-state index contributed by atoms with van der Waals surface area (Å²) < 4.78 is 0. The van der Waals surface area contributed by atoms with Gasteiger partial charge in [0.2, 0.25) is 0 Å². The summed E-state index contributed by atoms with van der Waals surface area (Å²) in [5.74, 6) is 0.317. The molecule has 0 amide bonds. The lowest BCUT2D eigenvalue weighted by Gasteiger charge is -2.15. The van der Waals surface area contributed by atoms with E-state index < -0.39 is 5.54 Å². The molecular formula is C11H17NO2. The molecule has 0 bridgehead atoms. The molecule has 14 heavy (non-hydrogen) atoms. The first-order valence-corrected chi connectivity index (χ1v) is 5.13. The number of nitrogens with zero attached hydrogens (tertiary/aromatic N) is 1. The summed E-state index contributed by atoms with van der Waals surface area (Å²) in [5, 5.41) is 9.01. The van der Waals surface area contributed by atoms with Gasteiger partial charge in [0.15, 0.2) is 0 Å². The van der Waals surface area contributed by atoms with Crippen LogP contribution >= 0.6 is 0 Å². The maximum Gasteiger partial charge on any atom is 0.259 e. The average molecular weight is 195 g/mol. The zero-order chi connectivity index (χ0) is 10.6. The van der Waals surface area contributed by atoms with Crippen molar-refractivity contribution in [1.29, 1.82) is 0 Å². The second-order valence-corrected chi connectivity index (χ2v) is 4.39. The second kappa shape index (κ2) is 4.56. The number of ketones is 1. The quantitative estimate of drug-likeness (QED) is 0.695. The highest BCUT2D eigenvalue weighted by Crippen LogP contribution is 2.29. The van der Waals surface area contributed by atoms with Crippen LogP contribution in [0, 0.1) is 12.5 Å². The Morgan fingerprint density at radius 1 is 1.57 bits per heavy atom. The molecule has 1 rings (SSSR count). The lowest BCUT2D eigenvalue weighted by molar-refractivity contribution is -0.123. The number of rotatable bonds is 4. The molecule has 0 aromatic rings. The molecule has 0 spiro atoms. The number of carbonyl (C=O) groups excluding carboxylic acids is 1. The zero-order valence-corrected chi connectivity index (χ0v) is 8.62. The summed E-state index contributed by atoms with van der Waals surface area (Å²) in [7, 11) is 0. The van der Waals surface area contributed by atoms with E-state index in [0.717, 1.165) is 25.7 Å². The van der Waals surface area contributed by atoms with Crippen LogP contribution in [0.3, 0.4) is 0 Å². The number of aliphatic hydroxyl groups is 1. The van der Waals surface area contributed by atoms with E-state index in [1.165, 1.54) is 0 Å². The number of aliphatic hydroxyl groups excluding tert-OH is 1. The molecule has 78 valence electrons. The molecule has 0 radical (unpaired) electrons. The van der Waals surface area contributed by atoms with Crippen molar-refractivity contribution in [3.63, 3.8) is 0 Å². The van der Waals surface area contributed by atoms with Gasteiger partial charge in [-0.25, -0.2) is 6.57 Å². The summed E-state index contributed by atoms with van der Waals surface area (Å²) in [6.07, 6.45) is 4.41. The van der Waals surface area contributed by atoms with Crippen molar-refractivity contribution in [2.75, 3.05) is 6.61 Å². The molecule has 0 heterocycles. The van der Waals surface area contributed by atoms with Gasteiger partial charge in [0.05, 0.1) is 6.42 Å². The van der Waals surface area contributed by atoms with Crippen LogP contribution in [0.2, 0.25) is 0 Å². The smallest absolute Gasteiger partial charge is 0.259 e. The Balaban J connectivity index is 2.51. The lowest BCUT2D eigenvalue weighted by Crippen LogP contribution is -2.30. The number of Topliss-reactive ketones (excluding diaryl/α,β-unsaturated/α-hetero) is 1. The van der Waals surface area contributed by atoms with E-state index in [2.05, 4.69) is 4.85 Å². The fraction of sp³-hybridized carbons (Fsp3) is 0.818. The van der Waals surface area contributed by atoms with Gasteiger partial charge in [-0.2, -0.15) is 0 Å². The molecule has 1 fully saturated rings. The Labute approximate surface area is 84.9 Å². The van der Waals surface area contributed by atoms with Crippen LogP contribution in [0.15, 0.2) is 0 Å². The van der Waals surface area contributed by atoms with Crippen LogP contribution in [0.1, 0.15) is 39.0 Å². The van der Waals surface area contributed by atoms with Crippen molar-refractivity contribution in [3.05, 3.63) is 11.4 Å². The van der Waals surface area contributed by atoms with Gasteiger partial charge in [-0.05, 0) is 12.8 Å². The van der Waals surface area contributed by atoms with Crippen LogP contribution in [-0.4, -0.2) is 23.0 Å². The van der Waals surface area contributed by atoms with E-state index in [0.29, 0.717) is 0 Å². The molecule has 3 heteroatoms. The van der Waals surface area contributed by atoms with E-state index in [1.54, 1.807) is 6.92 Å². The molecule has 3 nitrogen and oxygen atoms in total. The van der Waals surface area contributed by atoms with Gasteiger partial charge in [0.1, 0.15) is 12.4 Å². The van der Waals surface area contributed by atoms with Crippen molar-refractivity contribution < 1.29 is 9.90 Å². The Bertz CT molecular complexity index is 251. The van der Waals surface area contributed by atoms with E-state index >= 15 is 0 Å². The second-order valence-electron chi connectivity index (χ2n) is 4.39. The van der Waals surface area contributed by atoms with Crippen molar-refractivity contribution in [2.45, 2.75) is 44.6 Å². The maximum atomic E-state index is 11.7. The summed E-state index contributed by atoms with van der Waals surface area (Å²) in [6, 6.07) is 0. The largest absolute Gasteiger partial charge is 0.388 e. The first-order chi connectivity index (χ1) is 6.61. The fourth-order valence-electron chi connectivity index (χ4n) is 1.90. The minimum absolute atomic E-state index is 0.155. The number of hydrogen-bond donors (Lipinski definition) is 1. The first-order valence-electron chi connectivity index (χ1n) is 5.13. The summed E-state index contributed by atoms with van der Waals surface area (Å²) in [4.78, 5) is 15.1. The predicted molar refractivity (Wildman–Crippen MR) is 53.7 cm³/mol. The van der Waals surface area contributed by atoms with Gasteiger partial charge >= 0.3 is 0 Å². The highest BCUT2D eigenvalue weighted by molar-refractivity contribution is 5.82. The van der Waals surface area contributed by atoms with Gasteiger partial charge in [-0.3, -0.25) is 4.79 Å². The minimum Gasteiger partial charge on any atom is -0.388 e. The Morgan fingerprint density at radius 2 is 2.14 bits per heavy atom. The number of hydrogen-bond acceptors (Lipinski definition) is 2. The molecule has 0 saturated heterocycles. The SMILES string of the molecule is [C-]#[N+]C(C)(CO)CC(=O)C1CCCC1. The third-order valence-electron chi connectivity index (χ3n) is 2.98. The topological polar surface area (TPSA) is 41.7 Å². The van der Waals surface area contributed by atoms with E-state index in [9.17, 15) is 4.79 Å². The average Bonchev–Trinajstić information content (AvgIpc) is 2.70. The van der Waals surface area contributed by atoms with Gasteiger partial charge in [0.25, 0.3) is 5.54 Å². The van der Waals surface area contributed by atoms with Crippen LogP contribution in [0.5, 0.6) is 0 Å². The molecule has 1 unspecified atom stereocenters. The minimum atomic E-state index is -0.889. The molecule has 1 saturated carbocycles. The highest BCUT2D eigenvalue weighted by Gasteiger charge is 2.35. The van der Waals surface area contributed by atoms with Crippen LogP contribution in [0.4, 0.5) is 0 Å². The van der Waals surface area contributed by atoms with Gasteiger partial charge in [0, 0.05) is 12.8 Å². The molecule has 1 N–H and O–H groups in total. The third-order valence-corrected chi connectivity index (χ3v) is 2.98. The lowest BCUT2D eigenvalue weighted by atomic mass is 9.90. The number of carbonyl (C=O) groups is 1. The monoisotopic (exact) mass is 195 g/mol. The molecule has 1 aliphatic rings. The molecule has 1 aliphatic carbocycles. The molecule has 0 aliphatic heterocycles. The predicted octanol–water partition coefficient (Wildman–Crippen LogP) is 1.81. The fourth-order valence-corrected chi connectivity index (χ4v) is 1.90. The molecule has 0 aromatic carbocycles. The van der Waals surface area contributed by atoms with Crippen molar-refractivity contribution in [1.82, 2.24) is 0 Å².